The molecular weight excluding hydrogens is 1280 g/mol. The molecule has 0 saturated heterocycles. The van der Waals surface area contributed by atoms with Crippen LogP contribution in [0.15, 0.2) is 45.6 Å². The number of aliphatic hydroxyl groups is 2. The van der Waals surface area contributed by atoms with Crippen LogP contribution in [0, 0.1) is 47.3 Å². The highest BCUT2D eigenvalue weighted by Crippen LogP contribution is 2.29. The van der Waals surface area contributed by atoms with Crippen molar-refractivity contribution in [2.45, 2.75) is 200 Å². The van der Waals surface area contributed by atoms with E-state index < -0.39 is 47.7 Å². The number of aromatic nitrogens is 10. The highest BCUT2D eigenvalue weighted by atomic mass is 16.5. The number of nitrogens with zero attached hydrogens (tertiary/aromatic N) is 10. The first kappa shape index (κ1) is 85.0. The van der Waals surface area contributed by atoms with Gasteiger partial charge in [0.05, 0.1) is 63.0 Å². The third kappa shape index (κ3) is 26.5. The second-order valence-electron chi connectivity index (χ2n) is 28.0. The van der Waals surface area contributed by atoms with Crippen molar-refractivity contribution in [2.24, 2.45) is 47.3 Å². The summed E-state index contributed by atoms with van der Waals surface area (Å²) < 4.78 is 20.5. The molecule has 100 heavy (non-hydrogen) atoms. The number of aliphatic hydroxyl groups excluding tert-OH is 2. The van der Waals surface area contributed by atoms with Crippen LogP contribution in [0.25, 0.3) is 23.2 Å². The van der Waals surface area contributed by atoms with Crippen LogP contribution in [0.4, 0.5) is 0 Å². The molecule has 0 radical (unpaired) electrons. The van der Waals surface area contributed by atoms with Crippen molar-refractivity contribution in [3.8, 4) is 23.2 Å². The van der Waals surface area contributed by atoms with E-state index in [4.69, 9.17) is 8.83 Å². The Kier molecular flexibility index (Phi) is 35.2. The Balaban J connectivity index is 0.000000351. The highest BCUT2D eigenvalue weighted by molar-refractivity contribution is 5.98. The fraction of sp³-hybridized carbons (Fsp3) is 0.583. The summed E-state index contributed by atoms with van der Waals surface area (Å²) in [5.74, 6) is -0.205. The molecule has 6 aromatic rings. The minimum atomic E-state index is -0.636. The topological polar surface area (TPSA) is 399 Å². The van der Waals surface area contributed by atoms with Gasteiger partial charge in [-0.3, -0.25) is 19.2 Å². The Labute approximate surface area is 587 Å². The zero-order chi connectivity index (χ0) is 75.4. The van der Waals surface area contributed by atoms with Crippen molar-refractivity contribution >= 4 is 48.1 Å². The van der Waals surface area contributed by atoms with E-state index in [1.807, 2.05) is 103 Å². The van der Waals surface area contributed by atoms with Gasteiger partial charge in [-0.2, -0.15) is 0 Å². The van der Waals surface area contributed by atoms with Gasteiger partial charge >= 0.3 is 11.9 Å². The van der Waals surface area contributed by atoms with Gasteiger partial charge in [0.25, 0.3) is 23.6 Å². The fourth-order valence-corrected chi connectivity index (χ4v) is 9.28. The monoisotopic (exact) mass is 1390 g/mol. The van der Waals surface area contributed by atoms with Gasteiger partial charge in [0.2, 0.25) is 11.8 Å². The average Bonchev–Trinajstić information content (AvgIpc) is 1.44. The first-order chi connectivity index (χ1) is 47.0. The molecule has 548 valence electrons. The largest absolute Gasteiger partial charge is 0.464 e. The van der Waals surface area contributed by atoms with Crippen LogP contribution in [0.1, 0.15) is 247 Å². The summed E-state index contributed by atoms with van der Waals surface area (Å²) in [7, 11) is 2.54. The minimum absolute atomic E-state index is 0.0375. The van der Waals surface area contributed by atoms with Crippen molar-refractivity contribution in [3.63, 3.8) is 0 Å². The number of methoxy groups -OCH3 is 2. The van der Waals surface area contributed by atoms with Crippen molar-refractivity contribution < 1.29 is 66.9 Å². The van der Waals surface area contributed by atoms with Crippen molar-refractivity contribution in [3.05, 3.63) is 105 Å². The van der Waals surface area contributed by atoms with E-state index in [1.165, 1.54) is 26.4 Å². The maximum Gasteiger partial charge on any atom is 0.358 e. The minimum Gasteiger partial charge on any atom is -0.464 e. The quantitative estimate of drug-likeness (QED) is 0.0181. The van der Waals surface area contributed by atoms with Crippen molar-refractivity contribution in [2.75, 3.05) is 27.4 Å². The Morgan fingerprint density at radius 2 is 0.780 bits per heavy atom. The SMILES string of the molecule is CC(C)Cc1cc(-c2nc(C(C)C)co2)nnc1-c1nc(C(C)C)co1.CC(C)Cc1cc(C(=O)N[C@H](C=O)C(C)C)nnc1C(=O)N[C@H](C=O)C(C)C.CC(C)Cc1cc(C(=O)N[C@H](CO)C(C)C)nnc1C(=O)N[C@H](CO)C(C)C.COC(=O)c1cc(CC(C)C)c(C(=O)OC)nn1. The van der Waals surface area contributed by atoms with Crippen LogP contribution in [0.2, 0.25) is 0 Å². The van der Waals surface area contributed by atoms with E-state index >= 15 is 0 Å². The summed E-state index contributed by atoms with van der Waals surface area (Å²) in [5.41, 5.74) is 6.60. The molecule has 28 nitrogen and oxygen atoms in total. The maximum atomic E-state index is 12.7. The summed E-state index contributed by atoms with van der Waals surface area (Å²) in [6.45, 7) is 39.2. The second-order valence-corrected chi connectivity index (χ2v) is 28.0. The molecule has 0 bridgehead atoms. The summed E-state index contributed by atoms with van der Waals surface area (Å²) in [6.07, 6.45) is 7.24. The second kappa shape index (κ2) is 41.4. The molecule has 0 aliphatic carbocycles. The van der Waals surface area contributed by atoms with Crippen molar-refractivity contribution in [1.82, 2.24) is 72.0 Å². The Morgan fingerprint density at radius 1 is 0.420 bits per heavy atom. The van der Waals surface area contributed by atoms with Crippen LogP contribution in [0.3, 0.4) is 0 Å². The number of oxazole rings is 2. The average molecular weight is 1390 g/mol. The molecule has 0 aliphatic heterocycles. The van der Waals surface area contributed by atoms with Crippen LogP contribution in [0.5, 0.6) is 0 Å². The third-order valence-electron chi connectivity index (χ3n) is 15.3. The van der Waals surface area contributed by atoms with E-state index in [0.29, 0.717) is 95.4 Å². The molecule has 6 rings (SSSR count). The lowest BCUT2D eigenvalue weighted by Crippen LogP contribution is -2.42. The van der Waals surface area contributed by atoms with E-state index in [0.717, 1.165) is 23.4 Å². The molecule has 4 amide bonds. The number of carbonyl (C=O) groups is 8. The van der Waals surface area contributed by atoms with Gasteiger partial charge in [0, 0.05) is 0 Å². The van der Waals surface area contributed by atoms with E-state index in [9.17, 15) is 48.6 Å². The molecule has 6 heterocycles. The molecule has 6 aromatic heterocycles. The fourth-order valence-electron chi connectivity index (χ4n) is 9.28. The lowest BCUT2D eigenvalue weighted by Gasteiger charge is -2.21. The number of nitrogens with one attached hydrogen (secondary N) is 4. The van der Waals surface area contributed by atoms with Crippen LogP contribution >= 0.6 is 0 Å². The van der Waals surface area contributed by atoms with Crippen molar-refractivity contribution in [1.29, 1.82) is 0 Å². The molecule has 28 heteroatoms. The highest BCUT2D eigenvalue weighted by Gasteiger charge is 2.28. The Morgan fingerprint density at radius 3 is 1.17 bits per heavy atom. The number of esters is 2. The summed E-state index contributed by atoms with van der Waals surface area (Å²) in [6, 6.07) is 4.55. The smallest absolute Gasteiger partial charge is 0.358 e. The van der Waals surface area contributed by atoms with Gasteiger partial charge in [0.1, 0.15) is 30.8 Å². The van der Waals surface area contributed by atoms with Gasteiger partial charge in [-0.05, 0) is 131 Å². The number of rotatable bonds is 30. The van der Waals surface area contributed by atoms with Gasteiger partial charge in [-0.1, -0.05) is 138 Å². The zero-order valence-electron chi connectivity index (χ0n) is 62.2. The number of hydrogen-bond acceptors (Lipinski definition) is 24. The number of ether oxygens (including phenoxy) is 2. The predicted molar refractivity (Wildman–Crippen MR) is 375 cm³/mol. The van der Waals surface area contributed by atoms with E-state index in [-0.39, 0.29) is 95.0 Å². The molecule has 0 spiro atoms. The lowest BCUT2D eigenvalue weighted by molar-refractivity contribution is -0.110. The molecule has 6 N–H and O–H groups in total. The van der Waals surface area contributed by atoms with E-state index in [1.54, 1.807) is 18.6 Å². The van der Waals surface area contributed by atoms with Gasteiger partial charge in [-0.25, -0.2) is 19.6 Å². The normalized spacial score (nSPS) is 12.5. The molecular formula is C72H106N14O14. The van der Waals surface area contributed by atoms with Crippen LogP contribution in [-0.2, 0) is 44.7 Å². The summed E-state index contributed by atoms with van der Waals surface area (Å²) in [4.78, 5) is 104. The number of hydrogen-bond donors (Lipinski definition) is 6. The summed E-state index contributed by atoms with van der Waals surface area (Å²) in [5, 5.41) is 61.5. The van der Waals surface area contributed by atoms with E-state index in [2.05, 4.69) is 123 Å². The standard InChI is InChI=1S/C20H34N4O4.C20H30N4O4.C20H26N4O2.C12H16N2O4/c2*1-11(2)7-14-8-15(19(27)21-16(9-25)12(3)4)23-24-18(14)20(28)22-17(10-26)13(5)6;1-11(2)7-14-8-15(19-21-16(9-25-19)12(3)4)23-24-18(14)20-22-17(10-26-20)13(5)6;1-7(2)5-8-6-9(11(15)17-3)13-14-10(8)12(16)18-4/h8,11-13,16-17,25-26H,7,9-10H2,1-6H3,(H,21,27)(H,22,28);8-13,16-17H,7H2,1-6H3,(H,21,27)(H,22,28);8-13H,7H2,1-6H3;6-7H,5H2,1-4H3/t2*16-,17-;;/m11../s1. The lowest BCUT2D eigenvalue weighted by atomic mass is 9.99. The van der Waals surface area contributed by atoms with Gasteiger partial charge in [-0.15, -0.1) is 40.8 Å². The molecule has 0 aliphatic rings. The maximum absolute atomic E-state index is 12.7. The number of aldehydes is 2. The predicted octanol–water partition coefficient (Wildman–Crippen LogP) is 9.23. The first-order valence-electron chi connectivity index (χ1n) is 33.9. The number of amides is 4. The third-order valence-corrected chi connectivity index (χ3v) is 15.3. The zero-order valence-corrected chi connectivity index (χ0v) is 62.2. The molecule has 4 atom stereocenters. The van der Waals surface area contributed by atoms with Gasteiger partial charge in [0.15, 0.2) is 39.9 Å². The first-order valence-corrected chi connectivity index (χ1v) is 33.9. The molecule has 0 saturated carbocycles. The molecule has 0 unspecified atom stereocenters. The Hall–Kier alpha value is -9.18. The molecule has 0 fully saturated rings. The Bertz CT molecular complexity index is 3640. The van der Waals surface area contributed by atoms with Gasteiger partial charge < -0.3 is 59.4 Å². The van der Waals surface area contributed by atoms with Crippen LogP contribution in [-0.4, -0.2) is 161 Å². The van der Waals surface area contributed by atoms with Crippen LogP contribution < -0.4 is 21.3 Å². The molecule has 0 aromatic carbocycles. The number of carbonyl (C=O) groups excluding carboxylic acids is 8. The summed E-state index contributed by atoms with van der Waals surface area (Å²) >= 11 is 0.